The molecule has 0 aromatic carbocycles. The Morgan fingerprint density at radius 1 is 0.481 bits per heavy atom. The number of rotatable bonds is 44. The summed E-state index contributed by atoms with van der Waals surface area (Å²) in [4.78, 5) is 14.5. The van der Waals surface area contributed by atoms with Gasteiger partial charge in [-0.2, -0.15) is 0 Å². The third-order valence-corrected chi connectivity index (χ3v) is 11.0. The summed E-state index contributed by atoms with van der Waals surface area (Å²) >= 11 is 0. The van der Waals surface area contributed by atoms with E-state index in [0.717, 1.165) is 51.9 Å². The second-order valence-corrected chi connectivity index (χ2v) is 16.3. The summed E-state index contributed by atoms with van der Waals surface area (Å²) in [7, 11) is 0. The highest BCUT2D eigenvalue weighted by Gasteiger charge is 2.11. The van der Waals surface area contributed by atoms with E-state index in [-0.39, 0.29) is 12.1 Å². The van der Waals surface area contributed by atoms with Crippen molar-refractivity contribution in [2.75, 3.05) is 32.8 Å². The second kappa shape index (κ2) is 43.1. The highest BCUT2D eigenvalue weighted by Crippen LogP contribution is 2.18. The van der Waals surface area contributed by atoms with Crippen LogP contribution in [0.3, 0.4) is 0 Å². The number of hydrogen-bond donors (Lipinski definition) is 1. The zero-order chi connectivity index (χ0) is 38.0. The van der Waals surface area contributed by atoms with E-state index in [9.17, 15) is 9.90 Å². The van der Waals surface area contributed by atoms with Crippen LogP contribution >= 0.6 is 0 Å². The fourth-order valence-electron chi connectivity index (χ4n) is 7.36. The molecule has 0 aromatic rings. The molecule has 0 saturated carbocycles. The van der Waals surface area contributed by atoms with Gasteiger partial charge in [-0.25, -0.2) is 0 Å². The lowest BCUT2D eigenvalue weighted by atomic mass is 10.0. The number of nitrogens with zero attached hydrogens (tertiary/aromatic N) is 1. The molecule has 0 aliphatic carbocycles. The lowest BCUT2D eigenvalue weighted by Gasteiger charge is -2.24. The van der Waals surface area contributed by atoms with Crippen molar-refractivity contribution in [2.24, 2.45) is 0 Å². The molecule has 0 aliphatic heterocycles. The number of hydrogen-bond acceptors (Lipinski definition) is 5. The first-order valence-electron chi connectivity index (χ1n) is 23.7. The van der Waals surface area contributed by atoms with Crippen LogP contribution in [0.5, 0.6) is 0 Å². The van der Waals surface area contributed by atoms with Gasteiger partial charge >= 0.3 is 5.97 Å². The smallest absolute Gasteiger partial charge is 0.305 e. The van der Waals surface area contributed by atoms with Crippen LogP contribution in [0.15, 0.2) is 0 Å². The summed E-state index contributed by atoms with van der Waals surface area (Å²) in [6.45, 7) is 13.5. The minimum absolute atomic E-state index is 0.0129. The predicted molar refractivity (Wildman–Crippen MR) is 227 cm³/mol. The van der Waals surface area contributed by atoms with Crippen molar-refractivity contribution >= 4 is 5.97 Å². The molecule has 5 heteroatoms. The number of aliphatic hydroxyl groups is 1. The van der Waals surface area contributed by atoms with Crippen molar-refractivity contribution in [3.05, 3.63) is 0 Å². The van der Waals surface area contributed by atoms with E-state index in [1.54, 1.807) is 0 Å². The number of unbranched alkanes of at least 4 members (excludes halogenated alkanes) is 26. The topological polar surface area (TPSA) is 59.0 Å². The lowest BCUT2D eigenvalue weighted by Crippen LogP contribution is -2.33. The van der Waals surface area contributed by atoms with Crippen molar-refractivity contribution < 1.29 is 19.4 Å². The van der Waals surface area contributed by atoms with Crippen LogP contribution in [0.1, 0.15) is 252 Å². The molecule has 0 heterocycles. The standard InChI is InChI=1S/C47H95NO4/c1-5-9-12-15-20-29-36-43-52-47(50)39-32-25-22-27-34-41-48(44-45(49)8-4)40-33-26-19-18-21-28-35-42-51-46(37-30-23-16-13-10-6-2)38-31-24-17-14-11-7-3/h45-46,49H,5-44H2,1-4H3. The monoisotopic (exact) mass is 738 g/mol. The van der Waals surface area contributed by atoms with Crippen molar-refractivity contribution in [3.8, 4) is 0 Å². The van der Waals surface area contributed by atoms with Gasteiger partial charge in [0.15, 0.2) is 0 Å². The molecule has 1 atom stereocenters. The van der Waals surface area contributed by atoms with Crippen LogP contribution in [0.25, 0.3) is 0 Å². The Labute approximate surface area is 326 Å². The molecule has 0 aliphatic rings. The number of esters is 1. The molecule has 1 unspecified atom stereocenters. The van der Waals surface area contributed by atoms with E-state index >= 15 is 0 Å². The van der Waals surface area contributed by atoms with Gasteiger partial charge in [-0.3, -0.25) is 4.79 Å². The van der Waals surface area contributed by atoms with Gasteiger partial charge in [-0.05, 0) is 64.5 Å². The fraction of sp³-hybridized carbons (Fsp3) is 0.979. The first-order chi connectivity index (χ1) is 25.6. The highest BCUT2D eigenvalue weighted by molar-refractivity contribution is 5.69. The maximum absolute atomic E-state index is 12.0. The molecule has 0 rings (SSSR count). The van der Waals surface area contributed by atoms with Crippen molar-refractivity contribution in [2.45, 2.75) is 265 Å². The molecule has 0 amide bonds. The van der Waals surface area contributed by atoms with Crippen LogP contribution in [0, 0.1) is 0 Å². The van der Waals surface area contributed by atoms with Crippen LogP contribution in [0.4, 0.5) is 0 Å². The first kappa shape index (κ1) is 51.4. The van der Waals surface area contributed by atoms with E-state index in [2.05, 4.69) is 32.6 Å². The maximum atomic E-state index is 12.0. The van der Waals surface area contributed by atoms with E-state index < -0.39 is 0 Å². The van der Waals surface area contributed by atoms with Crippen LogP contribution < -0.4 is 0 Å². The van der Waals surface area contributed by atoms with Crippen LogP contribution in [-0.4, -0.2) is 61.0 Å². The average molecular weight is 738 g/mol. The largest absolute Gasteiger partial charge is 0.466 e. The van der Waals surface area contributed by atoms with Crippen molar-refractivity contribution in [3.63, 3.8) is 0 Å². The van der Waals surface area contributed by atoms with Crippen molar-refractivity contribution in [1.29, 1.82) is 0 Å². The predicted octanol–water partition coefficient (Wildman–Crippen LogP) is 14.3. The van der Waals surface area contributed by atoms with Gasteiger partial charge in [-0.15, -0.1) is 0 Å². The third kappa shape index (κ3) is 39.1. The van der Waals surface area contributed by atoms with E-state index in [1.165, 1.54) is 193 Å². The zero-order valence-corrected chi connectivity index (χ0v) is 36.1. The zero-order valence-electron chi connectivity index (χ0n) is 36.1. The second-order valence-electron chi connectivity index (χ2n) is 16.3. The van der Waals surface area contributed by atoms with Gasteiger partial charge in [0, 0.05) is 19.6 Å². The molecule has 52 heavy (non-hydrogen) atoms. The molecular formula is C47H95NO4. The number of carbonyl (C=O) groups excluding carboxylic acids is 1. The number of carbonyl (C=O) groups is 1. The summed E-state index contributed by atoms with van der Waals surface area (Å²) in [5, 5.41) is 10.3. The Balaban J connectivity index is 3.97. The van der Waals surface area contributed by atoms with E-state index in [1.807, 2.05) is 0 Å². The van der Waals surface area contributed by atoms with Crippen LogP contribution in [-0.2, 0) is 14.3 Å². The third-order valence-electron chi connectivity index (χ3n) is 11.0. The minimum atomic E-state index is -0.217. The highest BCUT2D eigenvalue weighted by atomic mass is 16.5. The Hall–Kier alpha value is -0.650. The Kier molecular flexibility index (Phi) is 42.5. The van der Waals surface area contributed by atoms with E-state index in [4.69, 9.17) is 9.47 Å². The SMILES string of the molecule is CCCCCCCCCOC(=O)CCCCCCCN(CCCCCCCCCOC(CCCCCCCC)CCCCCCCC)CC(O)CC. The fourth-order valence-corrected chi connectivity index (χ4v) is 7.36. The summed E-state index contributed by atoms with van der Waals surface area (Å²) in [6.07, 6.45) is 44.1. The summed E-state index contributed by atoms with van der Waals surface area (Å²) < 4.78 is 11.9. The first-order valence-corrected chi connectivity index (χ1v) is 23.7. The number of aliphatic hydroxyl groups excluding tert-OH is 1. The summed E-state index contributed by atoms with van der Waals surface area (Å²) in [5.74, 6) is -0.0129. The van der Waals surface area contributed by atoms with Gasteiger partial charge in [0.25, 0.3) is 0 Å². The molecular weight excluding hydrogens is 643 g/mol. The van der Waals surface area contributed by atoms with Gasteiger partial charge < -0.3 is 19.5 Å². The van der Waals surface area contributed by atoms with Gasteiger partial charge in [0.1, 0.15) is 0 Å². The molecule has 0 radical (unpaired) electrons. The number of ether oxygens (including phenoxy) is 2. The Bertz CT molecular complexity index is 672. The minimum Gasteiger partial charge on any atom is -0.466 e. The summed E-state index contributed by atoms with van der Waals surface area (Å²) in [6, 6.07) is 0. The molecule has 0 bridgehead atoms. The van der Waals surface area contributed by atoms with E-state index in [0.29, 0.717) is 19.1 Å². The van der Waals surface area contributed by atoms with Gasteiger partial charge in [0.05, 0.1) is 18.8 Å². The Morgan fingerprint density at radius 2 is 0.865 bits per heavy atom. The average Bonchev–Trinajstić information content (AvgIpc) is 3.15. The molecule has 0 saturated heterocycles. The van der Waals surface area contributed by atoms with Gasteiger partial charge in [0.2, 0.25) is 0 Å². The normalized spacial score (nSPS) is 12.4. The molecule has 0 spiro atoms. The molecule has 1 N–H and O–H groups in total. The quantitative estimate of drug-likeness (QED) is 0.0498. The summed E-state index contributed by atoms with van der Waals surface area (Å²) in [5.41, 5.74) is 0. The Morgan fingerprint density at radius 3 is 1.33 bits per heavy atom. The lowest BCUT2D eigenvalue weighted by molar-refractivity contribution is -0.143. The molecule has 0 fully saturated rings. The van der Waals surface area contributed by atoms with Gasteiger partial charge in [-0.1, -0.05) is 195 Å². The molecule has 5 nitrogen and oxygen atoms in total. The molecule has 0 aromatic heterocycles. The molecule has 312 valence electrons. The van der Waals surface area contributed by atoms with Crippen molar-refractivity contribution in [1.82, 2.24) is 4.90 Å². The van der Waals surface area contributed by atoms with Crippen LogP contribution in [0.2, 0.25) is 0 Å². The maximum Gasteiger partial charge on any atom is 0.305 e.